The average molecular weight is 639 g/mol. The lowest BCUT2D eigenvalue weighted by atomic mass is 10.0. The summed E-state index contributed by atoms with van der Waals surface area (Å²) in [6, 6.07) is 0. The number of rotatable bonds is 36. The lowest BCUT2D eigenvalue weighted by Crippen LogP contribution is -2.12. The molecule has 0 radical (unpaired) electrons. The molecule has 0 aromatic heterocycles. The second-order valence-corrected chi connectivity index (χ2v) is 13.0. The summed E-state index contributed by atoms with van der Waals surface area (Å²) in [5.41, 5.74) is 10.3. The summed E-state index contributed by atoms with van der Waals surface area (Å²) >= 11 is 0. The van der Waals surface area contributed by atoms with Gasteiger partial charge in [0, 0.05) is 25.7 Å². The minimum atomic E-state index is -0.285. The van der Waals surface area contributed by atoms with Gasteiger partial charge in [-0.2, -0.15) is 0 Å². The number of carbonyl (C=O) groups is 4. The normalized spacial score (nSPS) is 11.0. The molecular weight excluding hydrogens is 568 g/mol. The molecule has 0 fully saturated rings. The Labute approximate surface area is 275 Å². The van der Waals surface area contributed by atoms with Crippen LogP contribution in [0, 0.1) is 0 Å². The van der Waals surface area contributed by atoms with Crippen LogP contribution < -0.4 is 11.5 Å². The number of ether oxygens (including phenoxy) is 2. The number of esters is 2. The summed E-state index contributed by atoms with van der Waals surface area (Å²) in [6.07, 6.45) is 34.8. The van der Waals surface area contributed by atoms with E-state index >= 15 is 0 Å². The molecule has 264 valence electrons. The lowest BCUT2D eigenvalue weighted by molar-refractivity contribution is -0.167. The molecule has 0 rings (SSSR count). The number of nitrogens with two attached hydrogens (primary N) is 2. The van der Waals surface area contributed by atoms with Crippen LogP contribution >= 0.6 is 0 Å². The van der Waals surface area contributed by atoms with E-state index in [1.54, 1.807) is 0 Å². The van der Waals surface area contributed by atoms with Gasteiger partial charge in [-0.05, 0) is 25.7 Å². The topological polar surface area (TPSA) is 139 Å². The Balaban J connectivity index is 3.28. The van der Waals surface area contributed by atoms with Gasteiger partial charge in [0.2, 0.25) is 18.6 Å². The first kappa shape index (κ1) is 42.9. The number of hydrogen-bond donors (Lipinski definition) is 2. The number of primary amides is 2. The van der Waals surface area contributed by atoms with Crippen LogP contribution in [0.5, 0.6) is 0 Å². The fraction of sp³-hybridized carbons (Fsp3) is 0.892. The van der Waals surface area contributed by atoms with Crippen molar-refractivity contribution in [1.82, 2.24) is 0 Å². The second kappa shape index (κ2) is 34.7. The fourth-order valence-corrected chi connectivity index (χ4v) is 5.69. The number of unbranched alkanes of at least 4 members (excludes halogenated alkanes) is 26. The van der Waals surface area contributed by atoms with Crippen LogP contribution in [-0.4, -0.2) is 30.5 Å². The third-order valence-corrected chi connectivity index (χ3v) is 8.55. The molecule has 0 aromatic rings. The van der Waals surface area contributed by atoms with Crippen LogP contribution in [-0.2, 0) is 28.7 Å². The highest BCUT2D eigenvalue weighted by molar-refractivity contribution is 5.74. The third kappa shape index (κ3) is 38.0. The summed E-state index contributed by atoms with van der Waals surface area (Å²) in [6.45, 7) is -0.262. The molecule has 0 aliphatic heterocycles. The molecule has 0 atom stereocenters. The van der Waals surface area contributed by atoms with Crippen molar-refractivity contribution in [3.05, 3.63) is 0 Å². The predicted octanol–water partition coefficient (Wildman–Crippen LogP) is 9.48. The van der Waals surface area contributed by atoms with Crippen molar-refractivity contribution in [2.45, 2.75) is 205 Å². The van der Waals surface area contributed by atoms with E-state index in [0.717, 1.165) is 64.2 Å². The number of carbonyl (C=O) groups excluding carboxylic acids is 4. The van der Waals surface area contributed by atoms with Crippen molar-refractivity contribution in [3.8, 4) is 0 Å². The molecule has 0 saturated heterocycles. The van der Waals surface area contributed by atoms with Gasteiger partial charge >= 0.3 is 11.9 Å². The minimum absolute atomic E-state index is 0.187. The van der Waals surface area contributed by atoms with Crippen molar-refractivity contribution < 1.29 is 28.7 Å². The smallest absolute Gasteiger partial charge is 0.308 e. The van der Waals surface area contributed by atoms with Gasteiger partial charge in [-0.1, -0.05) is 154 Å². The van der Waals surface area contributed by atoms with E-state index in [-0.39, 0.29) is 30.5 Å². The molecule has 0 bridgehead atoms. The third-order valence-electron chi connectivity index (χ3n) is 8.55. The van der Waals surface area contributed by atoms with Crippen LogP contribution in [0.15, 0.2) is 0 Å². The van der Waals surface area contributed by atoms with Crippen LogP contribution in [0.3, 0.4) is 0 Å². The predicted molar refractivity (Wildman–Crippen MR) is 183 cm³/mol. The van der Waals surface area contributed by atoms with Crippen molar-refractivity contribution in [1.29, 1.82) is 0 Å². The number of amides is 2. The van der Waals surface area contributed by atoms with Crippen LogP contribution in [0.4, 0.5) is 0 Å². The van der Waals surface area contributed by atoms with E-state index in [9.17, 15) is 19.2 Å². The Morgan fingerprint density at radius 1 is 0.289 bits per heavy atom. The van der Waals surface area contributed by atoms with Crippen LogP contribution in [0.2, 0.25) is 0 Å². The van der Waals surface area contributed by atoms with Crippen molar-refractivity contribution in [2.75, 3.05) is 6.79 Å². The van der Waals surface area contributed by atoms with Crippen molar-refractivity contribution in [3.63, 3.8) is 0 Å². The molecule has 0 spiro atoms. The summed E-state index contributed by atoms with van der Waals surface area (Å²) in [5.74, 6) is -0.944. The zero-order valence-corrected chi connectivity index (χ0v) is 28.9. The highest BCUT2D eigenvalue weighted by Gasteiger charge is 2.07. The average Bonchev–Trinajstić information content (AvgIpc) is 3.00. The highest BCUT2D eigenvalue weighted by atomic mass is 16.7. The molecule has 2 amide bonds. The molecule has 4 N–H and O–H groups in total. The first-order valence-corrected chi connectivity index (χ1v) is 18.8. The van der Waals surface area contributed by atoms with Gasteiger partial charge in [0.05, 0.1) is 0 Å². The Morgan fingerprint density at radius 2 is 0.467 bits per heavy atom. The molecule has 0 aromatic carbocycles. The Kier molecular flexibility index (Phi) is 33.1. The van der Waals surface area contributed by atoms with Crippen LogP contribution in [0.25, 0.3) is 0 Å². The van der Waals surface area contributed by atoms with Crippen molar-refractivity contribution >= 4 is 23.8 Å². The monoisotopic (exact) mass is 639 g/mol. The Bertz CT molecular complexity index is 657. The van der Waals surface area contributed by atoms with Gasteiger partial charge in [-0.25, -0.2) is 0 Å². The largest absolute Gasteiger partial charge is 0.428 e. The molecule has 0 unspecified atom stereocenters. The molecule has 0 heterocycles. The van der Waals surface area contributed by atoms with Gasteiger partial charge < -0.3 is 20.9 Å². The van der Waals surface area contributed by atoms with Gasteiger partial charge in [-0.15, -0.1) is 0 Å². The quantitative estimate of drug-likeness (QED) is 0.0398. The molecule has 0 aliphatic rings. The standard InChI is InChI=1S/C37H70N2O6/c38-34(40)29-25-21-17-13-9-5-1-3-7-11-15-19-23-27-31-36(42)44-33-45-37(43)32-28-24-20-16-12-8-4-2-6-10-14-18-22-26-30-35(39)41/h1-33H2,(H2,38,40)(H2,39,41). The van der Waals surface area contributed by atoms with E-state index in [1.807, 2.05) is 0 Å². The van der Waals surface area contributed by atoms with Gasteiger partial charge in [0.1, 0.15) is 0 Å². The zero-order valence-electron chi connectivity index (χ0n) is 28.9. The molecular formula is C37H70N2O6. The summed E-state index contributed by atoms with van der Waals surface area (Å²) in [7, 11) is 0. The molecule has 0 saturated carbocycles. The van der Waals surface area contributed by atoms with Gasteiger partial charge in [-0.3, -0.25) is 19.2 Å². The molecule has 45 heavy (non-hydrogen) atoms. The Hall–Kier alpha value is -2.12. The van der Waals surface area contributed by atoms with E-state index in [4.69, 9.17) is 20.9 Å². The van der Waals surface area contributed by atoms with Crippen LogP contribution in [0.1, 0.15) is 205 Å². The van der Waals surface area contributed by atoms with Gasteiger partial charge in [0.15, 0.2) is 0 Å². The Morgan fingerprint density at radius 3 is 0.667 bits per heavy atom. The molecule has 8 heteroatoms. The maximum atomic E-state index is 11.9. The minimum Gasteiger partial charge on any atom is -0.428 e. The van der Waals surface area contributed by atoms with E-state index in [1.165, 1.54) is 116 Å². The van der Waals surface area contributed by atoms with E-state index < -0.39 is 0 Å². The first-order valence-electron chi connectivity index (χ1n) is 18.8. The summed E-state index contributed by atoms with van der Waals surface area (Å²) in [5, 5.41) is 0. The summed E-state index contributed by atoms with van der Waals surface area (Å²) in [4.78, 5) is 45.1. The summed E-state index contributed by atoms with van der Waals surface area (Å²) < 4.78 is 10.1. The van der Waals surface area contributed by atoms with E-state index in [0.29, 0.717) is 25.7 Å². The molecule has 8 nitrogen and oxygen atoms in total. The van der Waals surface area contributed by atoms with Gasteiger partial charge in [0.25, 0.3) is 0 Å². The number of hydrogen-bond acceptors (Lipinski definition) is 6. The highest BCUT2D eigenvalue weighted by Crippen LogP contribution is 2.15. The SMILES string of the molecule is NC(=O)CCCCCCCCCCCCCCCCC(=O)OCOC(=O)CCCCCCCCCCCCCCCCC(N)=O. The lowest BCUT2D eigenvalue weighted by Gasteiger charge is -2.07. The second-order valence-electron chi connectivity index (χ2n) is 13.0. The maximum Gasteiger partial charge on any atom is 0.308 e. The molecule has 0 aliphatic carbocycles. The maximum absolute atomic E-state index is 11.9. The first-order chi connectivity index (χ1) is 21.9. The van der Waals surface area contributed by atoms with E-state index in [2.05, 4.69) is 0 Å². The van der Waals surface area contributed by atoms with Crippen molar-refractivity contribution in [2.24, 2.45) is 11.5 Å². The fourth-order valence-electron chi connectivity index (χ4n) is 5.69. The zero-order chi connectivity index (χ0) is 33.1.